The second-order valence-electron chi connectivity index (χ2n) is 10.9. The fourth-order valence-corrected chi connectivity index (χ4v) is 6.53. The van der Waals surface area contributed by atoms with Crippen LogP contribution in [-0.4, -0.2) is 67.6 Å². The van der Waals surface area contributed by atoms with E-state index in [1.54, 1.807) is 7.11 Å². The maximum absolute atomic E-state index is 12.1. The summed E-state index contributed by atoms with van der Waals surface area (Å²) in [4.78, 5) is 17.3. The molecule has 4 rings (SSSR count). The lowest BCUT2D eigenvalue weighted by molar-refractivity contribution is -0.118. The third kappa shape index (κ3) is 7.38. The zero-order valence-corrected chi connectivity index (χ0v) is 24.8. The van der Waals surface area contributed by atoms with E-state index in [1.807, 2.05) is 24.3 Å². The van der Waals surface area contributed by atoms with Crippen LogP contribution in [0.2, 0.25) is 0 Å². The van der Waals surface area contributed by atoms with E-state index in [4.69, 9.17) is 14.3 Å². The minimum atomic E-state index is -1.06. The van der Waals surface area contributed by atoms with Gasteiger partial charge in [-0.3, -0.25) is 4.79 Å². The number of aliphatic hydroxyl groups is 1. The Morgan fingerprint density at radius 3 is 2.87 bits per heavy atom. The molecule has 1 fully saturated rings. The average Bonchev–Trinajstić information content (AvgIpc) is 3.30. The molecule has 1 aliphatic carbocycles. The summed E-state index contributed by atoms with van der Waals surface area (Å²) >= 11 is 3.90. The summed E-state index contributed by atoms with van der Waals surface area (Å²) < 4.78 is 11.0. The minimum absolute atomic E-state index is 0.0284. The molecule has 0 saturated carbocycles. The summed E-state index contributed by atoms with van der Waals surface area (Å²) in [6, 6.07) is 8.10. The Labute approximate surface area is 240 Å². The molecule has 1 saturated heterocycles. The molecule has 0 aromatic heterocycles. The largest absolute Gasteiger partial charge is 0.386 e. The number of nitrogens with zero attached hydrogens (tertiary/aromatic N) is 1. The van der Waals surface area contributed by atoms with Gasteiger partial charge in [-0.15, -0.1) is 0 Å². The minimum Gasteiger partial charge on any atom is -0.386 e. The number of carbonyl (C=O) groups excluding carboxylic acids is 1. The highest BCUT2D eigenvalue weighted by atomic mass is 79.9. The predicted molar refractivity (Wildman–Crippen MR) is 156 cm³/mol. The molecule has 1 amide bonds. The lowest BCUT2D eigenvalue weighted by atomic mass is 9.73. The maximum atomic E-state index is 12.1. The van der Waals surface area contributed by atoms with Gasteiger partial charge in [0.05, 0.1) is 25.5 Å². The first kappa shape index (κ1) is 29.9. The van der Waals surface area contributed by atoms with Gasteiger partial charge in [-0.25, -0.2) is 0 Å². The average molecular weight is 605 g/mol. The summed E-state index contributed by atoms with van der Waals surface area (Å²) in [5.74, 6) is 0.0779. The molecule has 0 radical (unpaired) electrons. The van der Waals surface area contributed by atoms with E-state index in [9.17, 15) is 9.90 Å². The van der Waals surface area contributed by atoms with Gasteiger partial charge in [0.1, 0.15) is 10.4 Å². The number of hydrogen-bond acceptors (Lipinski definition) is 7. The van der Waals surface area contributed by atoms with Crippen molar-refractivity contribution in [1.82, 2.24) is 10.6 Å². The normalized spacial score (nSPS) is 27.7. The number of allylic oxidation sites excluding steroid dienone is 2. The predicted octanol–water partition coefficient (Wildman–Crippen LogP) is 3.97. The molecule has 2 heterocycles. The SMILES string of the molecule is COC[C@H](C)COCc1ccc([C@@]2(O)CCNC[C@@H]2C2=NOC(C3=C(CCNC(C)=O)C=CCC3)C2Br)cc1. The molecule has 0 spiro atoms. The fraction of sp³-hybridized carbons (Fsp3) is 0.600. The van der Waals surface area contributed by atoms with E-state index < -0.39 is 5.60 Å². The molecule has 3 N–H and O–H groups in total. The first-order valence-electron chi connectivity index (χ1n) is 13.9. The van der Waals surface area contributed by atoms with Crippen LogP contribution >= 0.6 is 15.9 Å². The van der Waals surface area contributed by atoms with Crippen LogP contribution in [0.3, 0.4) is 0 Å². The van der Waals surface area contributed by atoms with Crippen LogP contribution in [0.4, 0.5) is 0 Å². The molecule has 3 aliphatic rings. The number of carbonyl (C=O) groups is 1. The van der Waals surface area contributed by atoms with Crippen molar-refractivity contribution in [3.63, 3.8) is 0 Å². The number of benzene rings is 1. The van der Waals surface area contributed by atoms with Crippen LogP contribution < -0.4 is 10.6 Å². The monoisotopic (exact) mass is 603 g/mol. The van der Waals surface area contributed by atoms with Crippen LogP contribution in [0.15, 0.2) is 52.7 Å². The van der Waals surface area contributed by atoms with Crippen molar-refractivity contribution in [1.29, 1.82) is 0 Å². The van der Waals surface area contributed by atoms with Crippen LogP contribution in [0.25, 0.3) is 0 Å². The molecular formula is C30H42BrN3O5. The molecule has 1 aromatic rings. The molecule has 39 heavy (non-hydrogen) atoms. The van der Waals surface area contributed by atoms with Gasteiger partial charge in [-0.2, -0.15) is 0 Å². The first-order chi connectivity index (χ1) is 18.8. The topological polar surface area (TPSA) is 101 Å². The quantitative estimate of drug-likeness (QED) is 0.312. The Balaban J connectivity index is 1.46. The van der Waals surface area contributed by atoms with Crippen LogP contribution in [0.5, 0.6) is 0 Å². The van der Waals surface area contributed by atoms with Gasteiger partial charge in [0.15, 0.2) is 6.10 Å². The van der Waals surface area contributed by atoms with Gasteiger partial charge in [-0.1, -0.05) is 64.4 Å². The third-order valence-corrected chi connectivity index (χ3v) is 8.73. The molecule has 214 valence electrons. The van der Waals surface area contributed by atoms with E-state index >= 15 is 0 Å². The highest BCUT2D eigenvalue weighted by molar-refractivity contribution is 9.10. The van der Waals surface area contributed by atoms with Gasteiger partial charge in [-0.05, 0) is 54.5 Å². The van der Waals surface area contributed by atoms with Crippen molar-refractivity contribution >= 4 is 27.5 Å². The Bertz CT molecular complexity index is 1070. The standard InChI is InChI=1S/C30H42BrN3O5/c1-20(17-37-3)18-38-19-22-8-10-24(11-9-22)30(36)13-15-32-16-26(30)28-27(31)29(39-34-28)25-7-5-4-6-23(25)12-14-33-21(2)35/h4,6,8-11,20,26-27,29,32,36H,5,7,12-19H2,1-3H3,(H,33,35)/t20-,26+,27?,29?,30-/m0/s1. The number of piperidine rings is 1. The molecule has 2 aliphatic heterocycles. The number of halogens is 1. The van der Waals surface area contributed by atoms with E-state index in [0.717, 1.165) is 42.6 Å². The van der Waals surface area contributed by atoms with Crippen molar-refractivity contribution in [2.24, 2.45) is 17.0 Å². The van der Waals surface area contributed by atoms with Gasteiger partial charge >= 0.3 is 0 Å². The molecule has 5 atom stereocenters. The van der Waals surface area contributed by atoms with Gasteiger partial charge in [0.2, 0.25) is 5.91 Å². The third-order valence-electron chi connectivity index (χ3n) is 7.78. The Kier molecular flexibility index (Phi) is 10.8. The number of amides is 1. The van der Waals surface area contributed by atoms with Gasteiger partial charge in [0, 0.05) is 39.0 Å². The molecule has 2 unspecified atom stereocenters. The lowest BCUT2D eigenvalue weighted by Gasteiger charge is -2.41. The Morgan fingerprint density at radius 2 is 2.13 bits per heavy atom. The molecule has 0 bridgehead atoms. The number of alkyl halides is 1. The number of hydrogen-bond donors (Lipinski definition) is 3. The fourth-order valence-electron chi connectivity index (χ4n) is 5.71. The maximum Gasteiger partial charge on any atom is 0.216 e. The summed E-state index contributed by atoms with van der Waals surface area (Å²) in [5.41, 5.74) is 4.12. The zero-order valence-electron chi connectivity index (χ0n) is 23.2. The van der Waals surface area contributed by atoms with E-state index in [2.05, 4.69) is 50.8 Å². The number of nitrogens with one attached hydrogen (secondary N) is 2. The molecule has 8 nitrogen and oxygen atoms in total. The Morgan fingerprint density at radius 1 is 1.33 bits per heavy atom. The smallest absolute Gasteiger partial charge is 0.216 e. The summed E-state index contributed by atoms with van der Waals surface area (Å²) in [6.45, 7) is 7.41. The summed E-state index contributed by atoms with van der Waals surface area (Å²) in [6.07, 6.45) is 7.25. The number of rotatable bonds is 12. The highest BCUT2D eigenvalue weighted by Crippen LogP contribution is 2.42. The molecular weight excluding hydrogens is 562 g/mol. The lowest BCUT2D eigenvalue weighted by Crippen LogP contribution is -2.53. The van der Waals surface area contributed by atoms with Crippen LogP contribution in [0.1, 0.15) is 50.7 Å². The Hall–Kier alpha value is -2.04. The second-order valence-corrected chi connectivity index (χ2v) is 11.9. The van der Waals surface area contributed by atoms with E-state index in [-0.39, 0.29) is 22.8 Å². The van der Waals surface area contributed by atoms with Crippen LogP contribution in [0, 0.1) is 11.8 Å². The van der Waals surface area contributed by atoms with Crippen molar-refractivity contribution < 1.29 is 24.2 Å². The van der Waals surface area contributed by atoms with Crippen molar-refractivity contribution in [2.45, 2.75) is 62.7 Å². The van der Waals surface area contributed by atoms with E-state index in [0.29, 0.717) is 45.2 Å². The van der Waals surface area contributed by atoms with Crippen LogP contribution in [-0.2, 0) is 31.3 Å². The highest BCUT2D eigenvalue weighted by Gasteiger charge is 2.49. The van der Waals surface area contributed by atoms with Crippen molar-refractivity contribution in [3.8, 4) is 0 Å². The molecule has 9 heteroatoms. The number of oxime groups is 1. The molecule has 1 aromatic carbocycles. The van der Waals surface area contributed by atoms with Gasteiger partial charge in [0.25, 0.3) is 0 Å². The van der Waals surface area contributed by atoms with E-state index in [1.165, 1.54) is 18.1 Å². The van der Waals surface area contributed by atoms with Gasteiger partial charge < -0.3 is 30.1 Å². The first-order valence-corrected chi connectivity index (χ1v) is 14.8. The van der Waals surface area contributed by atoms with Crippen molar-refractivity contribution in [2.75, 3.05) is 40.0 Å². The zero-order chi connectivity index (χ0) is 27.8. The summed E-state index contributed by atoms with van der Waals surface area (Å²) in [5, 5.41) is 23.0. The second kappa shape index (κ2) is 14.0. The number of ether oxygens (including phenoxy) is 2. The number of methoxy groups -OCH3 is 1. The summed E-state index contributed by atoms with van der Waals surface area (Å²) in [7, 11) is 1.70. The van der Waals surface area contributed by atoms with Crippen molar-refractivity contribution in [3.05, 3.63) is 58.7 Å².